The number of hydrogen-bond donors (Lipinski definition) is 2. The van der Waals surface area contributed by atoms with Crippen LogP contribution >= 0.6 is 7.82 Å². The van der Waals surface area contributed by atoms with Crippen molar-refractivity contribution in [3.8, 4) is 0 Å². The number of carbonyl (C=O) groups excluding carboxylic acids is 1. The quantitative estimate of drug-likeness (QED) is 0.124. The van der Waals surface area contributed by atoms with Crippen molar-refractivity contribution >= 4 is 13.8 Å². The van der Waals surface area contributed by atoms with E-state index >= 15 is 0 Å². The van der Waals surface area contributed by atoms with Crippen molar-refractivity contribution in [2.24, 2.45) is 0 Å². The number of aliphatic hydroxyl groups is 1. The topological polar surface area (TPSA) is 102 Å². The summed E-state index contributed by atoms with van der Waals surface area (Å²) in [5.41, 5.74) is 0. The molecule has 0 amide bonds. The van der Waals surface area contributed by atoms with Gasteiger partial charge < -0.3 is 19.2 Å². The van der Waals surface area contributed by atoms with Crippen LogP contribution in [0, 0.1) is 0 Å². The van der Waals surface area contributed by atoms with Gasteiger partial charge >= 0.3 is 13.8 Å². The van der Waals surface area contributed by atoms with E-state index in [2.05, 4.69) is 6.92 Å². The number of nitrogens with zero attached hydrogens (tertiary/aromatic N) is 1. The lowest BCUT2D eigenvalue weighted by atomic mass is 10.1. The van der Waals surface area contributed by atoms with Crippen LogP contribution in [0.25, 0.3) is 0 Å². The second-order valence-corrected chi connectivity index (χ2v) is 10.3. The molecule has 8 nitrogen and oxygen atoms in total. The van der Waals surface area contributed by atoms with Gasteiger partial charge in [-0.15, -0.1) is 0 Å². The van der Waals surface area contributed by atoms with Crippen LogP contribution in [-0.4, -0.2) is 74.1 Å². The number of hydrogen-bond acceptors (Lipinski definition) is 6. The number of phosphoric acid groups is 1. The average molecular weight is 455 g/mol. The SMILES string of the molecule is CCCCCCCCCCCCC(=O)OC(CO)COP(=O)(O)OCC[N+](C)(C)C. The maximum absolute atomic E-state index is 11.9. The molecule has 0 heterocycles. The van der Waals surface area contributed by atoms with E-state index in [0.717, 1.165) is 19.3 Å². The van der Waals surface area contributed by atoms with E-state index < -0.39 is 33.1 Å². The summed E-state index contributed by atoms with van der Waals surface area (Å²) in [5, 5.41) is 9.33. The summed E-state index contributed by atoms with van der Waals surface area (Å²) in [5.74, 6) is -0.434. The molecule has 180 valence electrons. The molecule has 0 spiro atoms. The molecule has 0 rings (SSSR count). The molecule has 0 aliphatic carbocycles. The molecule has 0 aromatic carbocycles. The molecule has 0 radical (unpaired) electrons. The van der Waals surface area contributed by atoms with E-state index in [-0.39, 0.29) is 13.0 Å². The number of esters is 1. The molecule has 0 bridgehead atoms. The van der Waals surface area contributed by atoms with Gasteiger partial charge in [0, 0.05) is 6.42 Å². The van der Waals surface area contributed by atoms with E-state index in [9.17, 15) is 19.4 Å². The predicted molar refractivity (Wildman–Crippen MR) is 118 cm³/mol. The van der Waals surface area contributed by atoms with Gasteiger partial charge in [-0.25, -0.2) is 4.57 Å². The van der Waals surface area contributed by atoms with Gasteiger partial charge in [0.25, 0.3) is 0 Å². The molecule has 0 aromatic heterocycles. The average Bonchev–Trinajstić information content (AvgIpc) is 2.65. The van der Waals surface area contributed by atoms with Crippen LogP contribution in [0.3, 0.4) is 0 Å². The summed E-state index contributed by atoms with van der Waals surface area (Å²) < 4.78 is 27.3. The molecule has 0 saturated carbocycles. The Balaban J connectivity index is 3.85. The summed E-state index contributed by atoms with van der Waals surface area (Å²) in [6.07, 6.45) is 11.0. The Hall–Kier alpha value is -0.500. The van der Waals surface area contributed by atoms with Crippen LogP contribution < -0.4 is 0 Å². The number of unbranched alkanes of at least 4 members (excludes halogenated alkanes) is 9. The summed E-state index contributed by atoms with van der Waals surface area (Å²) in [7, 11) is 1.55. The molecule has 30 heavy (non-hydrogen) atoms. The second kappa shape index (κ2) is 17.1. The number of carbonyl (C=O) groups is 1. The van der Waals surface area contributed by atoms with Crippen molar-refractivity contribution in [2.45, 2.75) is 83.7 Å². The first-order valence-corrected chi connectivity index (χ1v) is 12.8. The van der Waals surface area contributed by atoms with Crippen LogP contribution in [0.5, 0.6) is 0 Å². The zero-order valence-electron chi connectivity index (χ0n) is 19.5. The molecule has 2 N–H and O–H groups in total. The zero-order valence-corrected chi connectivity index (χ0v) is 20.4. The van der Waals surface area contributed by atoms with Gasteiger partial charge in [-0.3, -0.25) is 13.8 Å². The Labute approximate surface area is 183 Å². The number of phosphoric ester groups is 1. The minimum Gasteiger partial charge on any atom is -0.457 e. The third kappa shape index (κ3) is 19.5. The number of rotatable bonds is 20. The van der Waals surface area contributed by atoms with Crippen molar-refractivity contribution < 1.29 is 37.6 Å². The van der Waals surface area contributed by atoms with Crippen molar-refractivity contribution in [2.75, 3.05) is 47.5 Å². The third-order valence-electron chi connectivity index (χ3n) is 4.68. The van der Waals surface area contributed by atoms with Crippen LogP contribution in [0.1, 0.15) is 77.6 Å². The van der Waals surface area contributed by atoms with Gasteiger partial charge in [0.15, 0.2) is 0 Å². The maximum atomic E-state index is 11.9. The summed E-state index contributed by atoms with van der Waals surface area (Å²) in [6, 6.07) is 0. The zero-order chi connectivity index (χ0) is 22.9. The summed E-state index contributed by atoms with van der Waals surface area (Å²) in [4.78, 5) is 21.6. The van der Waals surface area contributed by atoms with E-state index in [4.69, 9.17) is 13.8 Å². The standard InChI is InChI=1S/C21H44NO7P/c1-5-6-7-8-9-10-11-12-13-14-15-21(24)29-20(18-23)19-28-30(25,26)27-17-16-22(2,3)4/h20,23H,5-19H2,1-4H3/p+1. The number of aliphatic hydroxyl groups excluding tert-OH is 1. The fraction of sp³-hybridized carbons (Fsp3) is 0.952. The molecular formula is C21H45NO7P+. The Kier molecular flexibility index (Phi) is 16.8. The van der Waals surface area contributed by atoms with Crippen molar-refractivity contribution in [3.05, 3.63) is 0 Å². The lowest BCUT2D eigenvalue weighted by Crippen LogP contribution is -2.37. The Morgan fingerprint density at radius 2 is 1.47 bits per heavy atom. The second-order valence-electron chi connectivity index (χ2n) is 8.84. The Morgan fingerprint density at radius 1 is 0.933 bits per heavy atom. The van der Waals surface area contributed by atoms with Gasteiger partial charge in [-0.2, -0.15) is 0 Å². The highest BCUT2D eigenvalue weighted by molar-refractivity contribution is 7.47. The highest BCUT2D eigenvalue weighted by Gasteiger charge is 2.25. The van der Waals surface area contributed by atoms with Crippen molar-refractivity contribution in [1.82, 2.24) is 0 Å². The van der Waals surface area contributed by atoms with Crippen molar-refractivity contribution in [1.29, 1.82) is 0 Å². The monoisotopic (exact) mass is 454 g/mol. The summed E-state index contributed by atoms with van der Waals surface area (Å²) >= 11 is 0. The van der Waals surface area contributed by atoms with E-state index in [1.807, 2.05) is 21.1 Å². The molecule has 0 aliphatic rings. The predicted octanol–water partition coefficient (Wildman–Crippen LogP) is 4.04. The highest BCUT2D eigenvalue weighted by Crippen LogP contribution is 2.43. The van der Waals surface area contributed by atoms with Crippen LogP contribution in [0.15, 0.2) is 0 Å². The highest BCUT2D eigenvalue weighted by atomic mass is 31.2. The fourth-order valence-corrected chi connectivity index (χ4v) is 3.51. The fourth-order valence-electron chi connectivity index (χ4n) is 2.77. The van der Waals surface area contributed by atoms with Crippen LogP contribution in [-0.2, 0) is 23.1 Å². The maximum Gasteiger partial charge on any atom is 0.472 e. The smallest absolute Gasteiger partial charge is 0.457 e. The molecule has 2 atom stereocenters. The minimum atomic E-state index is -4.25. The van der Waals surface area contributed by atoms with Crippen LogP contribution in [0.4, 0.5) is 0 Å². The molecule has 0 aromatic rings. The lowest BCUT2D eigenvalue weighted by molar-refractivity contribution is -0.870. The Bertz CT molecular complexity index is 482. The van der Waals surface area contributed by atoms with Gasteiger partial charge in [-0.05, 0) is 6.42 Å². The molecule has 0 fully saturated rings. The van der Waals surface area contributed by atoms with E-state index in [0.29, 0.717) is 11.0 Å². The van der Waals surface area contributed by atoms with Gasteiger partial charge in [0.1, 0.15) is 19.3 Å². The molecule has 2 unspecified atom stereocenters. The van der Waals surface area contributed by atoms with Gasteiger partial charge in [0.2, 0.25) is 0 Å². The molecule has 0 aliphatic heterocycles. The normalized spacial score (nSPS) is 15.0. The number of likely N-dealkylation sites (N-methyl/N-ethyl adjacent to an activating group) is 1. The molecule has 9 heteroatoms. The minimum absolute atomic E-state index is 0.0552. The first kappa shape index (κ1) is 29.5. The van der Waals surface area contributed by atoms with Crippen LogP contribution in [0.2, 0.25) is 0 Å². The summed E-state index contributed by atoms with van der Waals surface area (Å²) in [6.45, 7) is 1.93. The van der Waals surface area contributed by atoms with Gasteiger partial charge in [-0.1, -0.05) is 64.7 Å². The molecule has 0 saturated heterocycles. The van der Waals surface area contributed by atoms with Crippen molar-refractivity contribution in [3.63, 3.8) is 0 Å². The van der Waals surface area contributed by atoms with E-state index in [1.54, 1.807) is 0 Å². The first-order chi connectivity index (χ1) is 14.1. The third-order valence-corrected chi connectivity index (χ3v) is 5.66. The first-order valence-electron chi connectivity index (χ1n) is 11.3. The largest absolute Gasteiger partial charge is 0.472 e. The van der Waals surface area contributed by atoms with Gasteiger partial charge in [0.05, 0.1) is 34.4 Å². The number of ether oxygens (including phenoxy) is 1. The molecular weight excluding hydrogens is 409 g/mol. The Morgan fingerprint density at radius 3 is 1.97 bits per heavy atom. The number of quaternary nitrogens is 1. The lowest BCUT2D eigenvalue weighted by Gasteiger charge is -2.24. The van der Waals surface area contributed by atoms with E-state index in [1.165, 1.54) is 44.9 Å².